The van der Waals surface area contributed by atoms with E-state index in [0.29, 0.717) is 5.92 Å². The summed E-state index contributed by atoms with van der Waals surface area (Å²) in [5, 5.41) is 9.62. The summed E-state index contributed by atoms with van der Waals surface area (Å²) in [5.41, 5.74) is 0. The molecule has 1 atom stereocenters. The Bertz CT molecular complexity index is 673. The van der Waals surface area contributed by atoms with Gasteiger partial charge < -0.3 is 13.9 Å². The van der Waals surface area contributed by atoms with Crippen LogP contribution in [-0.2, 0) is 13.5 Å². The summed E-state index contributed by atoms with van der Waals surface area (Å²) in [7, 11) is 2.08. The van der Waals surface area contributed by atoms with E-state index < -0.39 is 0 Å². The first kappa shape index (κ1) is 18.5. The lowest BCUT2D eigenvalue weighted by Crippen LogP contribution is -2.35. The first-order valence-corrected chi connectivity index (χ1v) is 10.5. The Hall–Kier alpha value is -1.27. The van der Waals surface area contributed by atoms with Crippen molar-refractivity contribution in [1.82, 2.24) is 19.7 Å². The molecule has 2 aromatic rings. The van der Waals surface area contributed by atoms with Crippen LogP contribution >= 0.6 is 11.8 Å². The predicted molar refractivity (Wildman–Crippen MR) is 102 cm³/mol. The normalized spacial score (nSPS) is 17.9. The minimum absolute atomic E-state index is 0.495. The van der Waals surface area contributed by atoms with Crippen molar-refractivity contribution in [3.05, 3.63) is 29.5 Å². The standard InChI is InChI=1S/C19H30N4OS/c1-14(17-6-5-15(2)24-17)7-10-23-11-8-16(9-12-23)13-18-20-21-19(25-4)22(18)3/h5-6,14,16H,7-13H2,1-4H3. The molecule has 3 rings (SSSR count). The largest absolute Gasteiger partial charge is 0.466 e. The van der Waals surface area contributed by atoms with E-state index in [1.807, 2.05) is 6.92 Å². The van der Waals surface area contributed by atoms with Crippen LogP contribution in [0.5, 0.6) is 0 Å². The predicted octanol–water partition coefficient (Wildman–Crippen LogP) is 3.89. The molecular formula is C19H30N4OS. The van der Waals surface area contributed by atoms with Crippen molar-refractivity contribution >= 4 is 11.8 Å². The van der Waals surface area contributed by atoms with Gasteiger partial charge in [-0.05, 0) is 70.1 Å². The lowest BCUT2D eigenvalue weighted by Gasteiger charge is -2.32. The summed E-state index contributed by atoms with van der Waals surface area (Å²) in [6, 6.07) is 4.18. The van der Waals surface area contributed by atoms with Crippen molar-refractivity contribution < 1.29 is 4.42 Å². The Labute approximate surface area is 155 Å². The van der Waals surface area contributed by atoms with Gasteiger partial charge in [0, 0.05) is 19.4 Å². The van der Waals surface area contributed by atoms with Crippen molar-refractivity contribution in [2.45, 2.75) is 50.6 Å². The van der Waals surface area contributed by atoms with Crippen LogP contribution in [0.4, 0.5) is 0 Å². The summed E-state index contributed by atoms with van der Waals surface area (Å²) in [5.74, 6) is 4.49. The van der Waals surface area contributed by atoms with Gasteiger partial charge in [-0.2, -0.15) is 0 Å². The number of thioether (sulfide) groups is 1. The zero-order chi connectivity index (χ0) is 17.8. The van der Waals surface area contributed by atoms with E-state index in [2.05, 4.69) is 52.0 Å². The summed E-state index contributed by atoms with van der Waals surface area (Å²) in [6.07, 6.45) is 6.79. The molecule has 1 aliphatic heterocycles. The van der Waals surface area contributed by atoms with E-state index in [1.54, 1.807) is 11.8 Å². The van der Waals surface area contributed by atoms with Crippen LogP contribution < -0.4 is 0 Å². The van der Waals surface area contributed by atoms with Crippen LogP contribution in [0.1, 0.15) is 49.4 Å². The van der Waals surface area contributed by atoms with Gasteiger partial charge in [-0.3, -0.25) is 0 Å². The third kappa shape index (κ3) is 4.67. The molecule has 3 heterocycles. The smallest absolute Gasteiger partial charge is 0.190 e. The molecule has 1 fully saturated rings. The Balaban J connectivity index is 1.41. The molecule has 0 radical (unpaired) electrons. The fourth-order valence-corrected chi connectivity index (χ4v) is 4.11. The van der Waals surface area contributed by atoms with Gasteiger partial charge in [0.1, 0.15) is 17.3 Å². The minimum atomic E-state index is 0.495. The third-order valence-corrected chi connectivity index (χ3v) is 6.13. The van der Waals surface area contributed by atoms with Crippen molar-refractivity contribution in [3.8, 4) is 0 Å². The monoisotopic (exact) mass is 362 g/mol. The van der Waals surface area contributed by atoms with Gasteiger partial charge in [0.05, 0.1) is 0 Å². The van der Waals surface area contributed by atoms with Crippen molar-refractivity contribution in [1.29, 1.82) is 0 Å². The van der Waals surface area contributed by atoms with Gasteiger partial charge in [0.15, 0.2) is 5.16 Å². The number of likely N-dealkylation sites (tertiary alicyclic amines) is 1. The number of nitrogens with zero attached hydrogens (tertiary/aromatic N) is 4. The number of piperidine rings is 1. The molecule has 1 aliphatic rings. The van der Waals surface area contributed by atoms with Gasteiger partial charge in [-0.25, -0.2) is 0 Å². The lowest BCUT2D eigenvalue weighted by atomic mass is 9.92. The molecule has 0 saturated carbocycles. The number of aryl methyl sites for hydroxylation is 1. The highest BCUT2D eigenvalue weighted by molar-refractivity contribution is 7.98. The van der Waals surface area contributed by atoms with Crippen molar-refractivity contribution in [3.63, 3.8) is 0 Å². The topological polar surface area (TPSA) is 47.1 Å². The third-order valence-electron chi connectivity index (χ3n) is 5.41. The lowest BCUT2D eigenvalue weighted by molar-refractivity contribution is 0.176. The molecule has 0 bridgehead atoms. The van der Waals surface area contributed by atoms with E-state index in [1.165, 1.54) is 25.9 Å². The molecule has 0 aromatic carbocycles. The quantitative estimate of drug-likeness (QED) is 0.699. The highest BCUT2D eigenvalue weighted by Gasteiger charge is 2.22. The molecule has 6 heteroatoms. The molecule has 1 saturated heterocycles. The maximum Gasteiger partial charge on any atom is 0.190 e. The molecule has 0 spiro atoms. The Morgan fingerprint density at radius 3 is 2.64 bits per heavy atom. The van der Waals surface area contributed by atoms with Crippen LogP contribution in [0, 0.1) is 12.8 Å². The first-order chi connectivity index (χ1) is 12.1. The van der Waals surface area contributed by atoms with Crippen LogP contribution in [0.2, 0.25) is 0 Å². The van der Waals surface area contributed by atoms with E-state index in [9.17, 15) is 0 Å². The van der Waals surface area contributed by atoms with E-state index in [4.69, 9.17) is 4.42 Å². The second-order valence-corrected chi connectivity index (χ2v) is 8.06. The van der Waals surface area contributed by atoms with Crippen LogP contribution in [0.15, 0.2) is 21.7 Å². The molecule has 1 unspecified atom stereocenters. The fourth-order valence-electron chi connectivity index (χ4n) is 3.61. The average Bonchev–Trinajstić information content (AvgIpc) is 3.20. The molecule has 0 aliphatic carbocycles. The number of hydrogen-bond donors (Lipinski definition) is 0. The zero-order valence-electron chi connectivity index (χ0n) is 15.9. The molecule has 2 aromatic heterocycles. The fraction of sp³-hybridized carbons (Fsp3) is 0.684. The maximum atomic E-state index is 5.76. The Morgan fingerprint density at radius 1 is 1.28 bits per heavy atom. The number of hydrogen-bond acceptors (Lipinski definition) is 5. The van der Waals surface area contributed by atoms with Crippen LogP contribution in [0.25, 0.3) is 0 Å². The number of furan rings is 1. The van der Waals surface area contributed by atoms with E-state index in [-0.39, 0.29) is 0 Å². The van der Waals surface area contributed by atoms with Gasteiger partial charge in [-0.1, -0.05) is 18.7 Å². The number of aromatic nitrogens is 3. The van der Waals surface area contributed by atoms with Crippen LogP contribution in [-0.4, -0.2) is 45.6 Å². The van der Waals surface area contributed by atoms with Gasteiger partial charge >= 0.3 is 0 Å². The second kappa shape index (κ2) is 8.41. The molecule has 25 heavy (non-hydrogen) atoms. The Kier molecular flexibility index (Phi) is 6.23. The number of rotatable bonds is 7. The molecule has 0 amide bonds. The molecule has 0 N–H and O–H groups in total. The Morgan fingerprint density at radius 2 is 2.04 bits per heavy atom. The molecule has 138 valence electrons. The van der Waals surface area contributed by atoms with E-state index >= 15 is 0 Å². The maximum absolute atomic E-state index is 5.76. The summed E-state index contributed by atoms with van der Waals surface area (Å²) in [4.78, 5) is 2.60. The molecular weight excluding hydrogens is 332 g/mol. The highest BCUT2D eigenvalue weighted by Crippen LogP contribution is 2.25. The van der Waals surface area contributed by atoms with Crippen LogP contribution in [0.3, 0.4) is 0 Å². The summed E-state index contributed by atoms with van der Waals surface area (Å²) >= 11 is 1.66. The summed E-state index contributed by atoms with van der Waals surface area (Å²) in [6.45, 7) is 7.83. The summed E-state index contributed by atoms with van der Waals surface area (Å²) < 4.78 is 7.90. The minimum Gasteiger partial charge on any atom is -0.466 e. The molecule has 5 nitrogen and oxygen atoms in total. The average molecular weight is 363 g/mol. The van der Waals surface area contributed by atoms with Gasteiger partial charge in [0.25, 0.3) is 0 Å². The zero-order valence-corrected chi connectivity index (χ0v) is 16.7. The second-order valence-electron chi connectivity index (χ2n) is 7.29. The first-order valence-electron chi connectivity index (χ1n) is 9.27. The van der Waals surface area contributed by atoms with Crippen molar-refractivity contribution in [2.75, 3.05) is 25.9 Å². The highest BCUT2D eigenvalue weighted by atomic mass is 32.2. The SMILES string of the molecule is CSc1nnc(CC2CCN(CCC(C)c3ccc(C)o3)CC2)n1C. The van der Waals surface area contributed by atoms with Gasteiger partial charge in [0.2, 0.25) is 0 Å². The van der Waals surface area contributed by atoms with Gasteiger partial charge in [-0.15, -0.1) is 10.2 Å². The van der Waals surface area contributed by atoms with E-state index in [0.717, 1.165) is 47.8 Å². The van der Waals surface area contributed by atoms with Crippen molar-refractivity contribution in [2.24, 2.45) is 13.0 Å².